The van der Waals surface area contributed by atoms with Crippen LogP contribution >= 0.6 is 0 Å². The molecule has 0 aliphatic heterocycles. The highest BCUT2D eigenvalue weighted by Crippen LogP contribution is 2.22. The molecule has 0 spiro atoms. The van der Waals surface area contributed by atoms with Gasteiger partial charge in [0.2, 0.25) is 0 Å². The van der Waals surface area contributed by atoms with Gasteiger partial charge in [-0.2, -0.15) is 0 Å². The Bertz CT molecular complexity index is 380. The number of nitrogens with zero attached hydrogens (tertiary/aromatic N) is 2. The molecular weight excluding hydrogens is 222 g/mol. The zero-order valence-electron chi connectivity index (χ0n) is 12.0. The minimum Gasteiger partial charge on any atom is -0.348 e. The lowest BCUT2D eigenvalue weighted by Gasteiger charge is -2.36. The molecule has 1 aromatic rings. The molecule has 3 heteroatoms. The molecule has 18 heavy (non-hydrogen) atoms. The summed E-state index contributed by atoms with van der Waals surface area (Å²) in [5, 5.41) is 3.33. The topological polar surface area (TPSA) is 28.2 Å². The second-order valence-electron chi connectivity index (χ2n) is 5.37. The zero-order chi connectivity index (χ0) is 13.6. The fourth-order valence-corrected chi connectivity index (χ4v) is 1.83. The van der Waals surface area contributed by atoms with Crippen molar-refractivity contribution >= 4 is 5.82 Å². The van der Waals surface area contributed by atoms with E-state index in [1.165, 1.54) is 5.56 Å². The third-order valence-corrected chi connectivity index (χ3v) is 2.79. The smallest absolute Gasteiger partial charge is 0.129 e. The van der Waals surface area contributed by atoms with Gasteiger partial charge in [0.1, 0.15) is 5.82 Å². The molecule has 3 nitrogen and oxygen atoms in total. The van der Waals surface area contributed by atoms with Gasteiger partial charge in [-0.15, -0.1) is 6.58 Å². The van der Waals surface area contributed by atoms with Crippen LogP contribution in [0.4, 0.5) is 5.82 Å². The predicted octanol–water partition coefficient (Wildman–Crippen LogP) is 2.98. The third kappa shape index (κ3) is 4.15. The Kier molecular flexibility index (Phi) is 5.35. The van der Waals surface area contributed by atoms with E-state index in [0.29, 0.717) is 0 Å². The maximum atomic E-state index is 4.48. The standard InChI is InChI=1S/C15H25N3/c1-6-10-18(15(3,4)5)14-11-13(8-9-17-14)12-16-7-2/h6,8-9,11,16H,1,7,10,12H2,2-5H3. The minimum atomic E-state index is 0.0397. The molecule has 1 rings (SSSR count). The number of hydrogen-bond acceptors (Lipinski definition) is 3. The first-order valence-corrected chi connectivity index (χ1v) is 6.53. The van der Waals surface area contributed by atoms with Crippen LogP contribution in [-0.4, -0.2) is 23.6 Å². The molecule has 0 saturated carbocycles. The van der Waals surface area contributed by atoms with Gasteiger partial charge in [-0.3, -0.25) is 0 Å². The van der Waals surface area contributed by atoms with E-state index in [1.807, 2.05) is 12.3 Å². The van der Waals surface area contributed by atoms with Crippen LogP contribution in [0, 0.1) is 0 Å². The SMILES string of the molecule is C=CCN(c1cc(CNCC)ccn1)C(C)(C)C. The molecule has 0 aliphatic carbocycles. The molecule has 0 atom stereocenters. The van der Waals surface area contributed by atoms with Crippen molar-refractivity contribution < 1.29 is 0 Å². The molecule has 1 N–H and O–H groups in total. The van der Waals surface area contributed by atoms with Crippen LogP contribution in [-0.2, 0) is 6.54 Å². The number of pyridine rings is 1. The molecule has 1 aromatic heterocycles. The average Bonchev–Trinajstić information content (AvgIpc) is 2.32. The Morgan fingerprint density at radius 2 is 2.17 bits per heavy atom. The van der Waals surface area contributed by atoms with E-state index in [-0.39, 0.29) is 5.54 Å². The molecule has 100 valence electrons. The summed E-state index contributed by atoms with van der Waals surface area (Å²) in [6.07, 6.45) is 3.80. The summed E-state index contributed by atoms with van der Waals surface area (Å²) < 4.78 is 0. The number of nitrogens with one attached hydrogen (secondary N) is 1. The Labute approximate surface area is 111 Å². The second-order valence-corrected chi connectivity index (χ2v) is 5.37. The highest BCUT2D eigenvalue weighted by atomic mass is 15.2. The van der Waals surface area contributed by atoms with E-state index in [9.17, 15) is 0 Å². The highest BCUT2D eigenvalue weighted by Gasteiger charge is 2.21. The van der Waals surface area contributed by atoms with E-state index in [0.717, 1.165) is 25.5 Å². The second kappa shape index (κ2) is 6.55. The maximum Gasteiger partial charge on any atom is 0.129 e. The fraction of sp³-hybridized carbons (Fsp3) is 0.533. The fourth-order valence-electron chi connectivity index (χ4n) is 1.83. The molecule has 0 saturated heterocycles. The molecule has 0 unspecified atom stereocenters. The van der Waals surface area contributed by atoms with Gasteiger partial charge in [0.05, 0.1) is 0 Å². The van der Waals surface area contributed by atoms with Crippen LogP contribution in [0.3, 0.4) is 0 Å². The largest absolute Gasteiger partial charge is 0.348 e. The molecule has 1 heterocycles. The lowest BCUT2D eigenvalue weighted by Crippen LogP contribution is -2.42. The van der Waals surface area contributed by atoms with Crippen molar-refractivity contribution in [2.45, 2.75) is 39.8 Å². The molecule has 0 aromatic carbocycles. The maximum absolute atomic E-state index is 4.48. The molecule has 0 radical (unpaired) electrons. The first-order valence-electron chi connectivity index (χ1n) is 6.53. The van der Waals surface area contributed by atoms with Gasteiger partial charge in [0.25, 0.3) is 0 Å². The van der Waals surface area contributed by atoms with Crippen molar-refractivity contribution in [3.05, 3.63) is 36.5 Å². The zero-order valence-corrected chi connectivity index (χ0v) is 12.0. The Hall–Kier alpha value is -1.35. The minimum absolute atomic E-state index is 0.0397. The highest BCUT2D eigenvalue weighted by molar-refractivity contribution is 5.44. The molecule has 0 amide bonds. The predicted molar refractivity (Wildman–Crippen MR) is 78.9 cm³/mol. The molecule has 0 fully saturated rings. The Morgan fingerprint density at radius 3 is 2.72 bits per heavy atom. The van der Waals surface area contributed by atoms with Crippen LogP contribution < -0.4 is 10.2 Å². The summed E-state index contributed by atoms with van der Waals surface area (Å²) in [5.41, 5.74) is 1.30. The van der Waals surface area contributed by atoms with E-state index in [1.54, 1.807) is 0 Å². The number of aromatic nitrogens is 1. The van der Waals surface area contributed by atoms with Gasteiger partial charge >= 0.3 is 0 Å². The van der Waals surface area contributed by atoms with Crippen molar-refractivity contribution in [2.75, 3.05) is 18.0 Å². The first-order chi connectivity index (χ1) is 8.49. The summed E-state index contributed by atoms with van der Waals surface area (Å²) in [5.74, 6) is 1.01. The van der Waals surface area contributed by atoms with Crippen LogP contribution in [0.5, 0.6) is 0 Å². The third-order valence-electron chi connectivity index (χ3n) is 2.79. The average molecular weight is 247 g/mol. The van der Waals surface area contributed by atoms with Gasteiger partial charge in [-0.05, 0) is 45.0 Å². The summed E-state index contributed by atoms with van der Waals surface area (Å²) in [6.45, 7) is 15.2. The van der Waals surface area contributed by atoms with E-state index < -0.39 is 0 Å². The van der Waals surface area contributed by atoms with Gasteiger partial charge in [-0.25, -0.2) is 4.98 Å². The lowest BCUT2D eigenvalue weighted by atomic mass is 10.1. The normalized spacial score (nSPS) is 11.3. The van der Waals surface area contributed by atoms with E-state index in [2.05, 4.69) is 61.6 Å². The Balaban J connectivity index is 2.94. The number of anilines is 1. The number of hydrogen-bond donors (Lipinski definition) is 1. The first kappa shape index (κ1) is 14.7. The molecule has 0 bridgehead atoms. The summed E-state index contributed by atoms with van der Waals surface area (Å²) in [4.78, 5) is 6.74. The summed E-state index contributed by atoms with van der Waals surface area (Å²) >= 11 is 0. The summed E-state index contributed by atoms with van der Waals surface area (Å²) in [7, 11) is 0. The molecular formula is C15H25N3. The van der Waals surface area contributed by atoms with Crippen molar-refractivity contribution in [3.8, 4) is 0 Å². The summed E-state index contributed by atoms with van der Waals surface area (Å²) in [6, 6.07) is 4.21. The van der Waals surface area contributed by atoms with Gasteiger partial charge < -0.3 is 10.2 Å². The van der Waals surface area contributed by atoms with Gasteiger partial charge in [-0.1, -0.05) is 13.0 Å². The molecule has 0 aliphatic rings. The van der Waals surface area contributed by atoms with Crippen molar-refractivity contribution in [1.29, 1.82) is 0 Å². The lowest BCUT2D eigenvalue weighted by molar-refractivity contribution is 0.517. The van der Waals surface area contributed by atoms with E-state index >= 15 is 0 Å². The van der Waals surface area contributed by atoms with Crippen molar-refractivity contribution in [2.24, 2.45) is 0 Å². The number of rotatable bonds is 6. The van der Waals surface area contributed by atoms with Crippen LogP contribution in [0.1, 0.15) is 33.3 Å². The van der Waals surface area contributed by atoms with Crippen LogP contribution in [0.25, 0.3) is 0 Å². The quantitative estimate of drug-likeness (QED) is 0.783. The van der Waals surface area contributed by atoms with Crippen molar-refractivity contribution in [3.63, 3.8) is 0 Å². The van der Waals surface area contributed by atoms with E-state index in [4.69, 9.17) is 0 Å². The van der Waals surface area contributed by atoms with Gasteiger partial charge in [0, 0.05) is 24.8 Å². The van der Waals surface area contributed by atoms with Crippen molar-refractivity contribution in [1.82, 2.24) is 10.3 Å². The van der Waals surface area contributed by atoms with Crippen LogP contribution in [0.2, 0.25) is 0 Å². The van der Waals surface area contributed by atoms with Crippen LogP contribution in [0.15, 0.2) is 31.0 Å². The Morgan fingerprint density at radius 1 is 1.44 bits per heavy atom. The monoisotopic (exact) mass is 247 g/mol. The van der Waals surface area contributed by atoms with Gasteiger partial charge in [0.15, 0.2) is 0 Å².